The van der Waals surface area contributed by atoms with Crippen molar-refractivity contribution >= 4 is 39.1 Å². The second-order valence-electron chi connectivity index (χ2n) is 4.96. The monoisotopic (exact) mass is 335 g/mol. The molecule has 0 radical (unpaired) electrons. The van der Waals surface area contributed by atoms with Crippen LogP contribution in [0.1, 0.15) is 29.6 Å². The van der Waals surface area contributed by atoms with Crippen molar-refractivity contribution in [3.63, 3.8) is 0 Å². The summed E-state index contributed by atoms with van der Waals surface area (Å²) in [6, 6.07) is 0. The van der Waals surface area contributed by atoms with E-state index < -0.39 is 0 Å². The lowest BCUT2D eigenvalue weighted by Crippen LogP contribution is -2.04. The molecular formula is C13H17N7S2. The van der Waals surface area contributed by atoms with Crippen LogP contribution in [0.3, 0.4) is 0 Å². The zero-order chi connectivity index (χ0) is 15.7. The summed E-state index contributed by atoms with van der Waals surface area (Å²) in [5, 5.41) is 13.4. The topological polar surface area (TPSA) is 95.4 Å². The molecule has 0 aliphatic carbocycles. The molecule has 116 valence electrons. The number of aryl methyl sites for hydroxylation is 3. The Morgan fingerprint density at radius 1 is 1.27 bits per heavy atom. The van der Waals surface area contributed by atoms with Crippen LogP contribution in [-0.2, 0) is 12.3 Å². The maximum absolute atomic E-state index is 6.09. The molecule has 0 aliphatic heterocycles. The van der Waals surface area contributed by atoms with Gasteiger partial charge in [0.1, 0.15) is 10.6 Å². The second kappa shape index (κ2) is 6.17. The molecule has 0 atom stereocenters. The molecule has 0 spiro atoms. The SMILES string of the molecule is CCCn1nnnc1CSc1nc(N)c2c(C)c(C)sc2n1. The van der Waals surface area contributed by atoms with Crippen LogP contribution in [0.5, 0.6) is 0 Å². The molecule has 22 heavy (non-hydrogen) atoms. The van der Waals surface area contributed by atoms with Crippen LogP contribution in [0.2, 0.25) is 0 Å². The number of thiophene rings is 1. The summed E-state index contributed by atoms with van der Waals surface area (Å²) in [7, 11) is 0. The fraction of sp³-hybridized carbons (Fsp3) is 0.462. The van der Waals surface area contributed by atoms with E-state index in [4.69, 9.17) is 5.73 Å². The summed E-state index contributed by atoms with van der Waals surface area (Å²) < 4.78 is 1.81. The van der Waals surface area contributed by atoms with Gasteiger partial charge >= 0.3 is 0 Å². The van der Waals surface area contributed by atoms with Gasteiger partial charge in [0.05, 0.1) is 11.1 Å². The van der Waals surface area contributed by atoms with Crippen LogP contribution < -0.4 is 5.73 Å². The zero-order valence-electron chi connectivity index (χ0n) is 12.7. The van der Waals surface area contributed by atoms with Gasteiger partial charge in [-0.25, -0.2) is 14.6 Å². The Morgan fingerprint density at radius 3 is 2.86 bits per heavy atom. The van der Waals surface area contributed by atoms with Crippen LogP contribution in [0.25, 0.3) is 10.2 Å². The lowest BCUT2D eigenvalue weighted by Gasteiger charge is -2.04. The Kier molecular flexibility index (Phi) is 4.25. The molecule has 3 heterocycles. The molecule has 9 heteroatoms. The third kappa shape index (κ3) is 2.78. The summed E-state index contributed by atoms with van der Waals surface area (Å²) >= 11 is 3.16. The fourth-order valence-corrected chi connectivity index (χ4v) is 4.04. The highest BCUT2D eigenvalue weighted by Gasteiger charge is 2.14. The Labute approximate surface area is 136 Å². The molecule has 7 nitrogen and oxygen atoms in total. The summed E-state index contributed by atoms with van der Waals surface area (Å²) in [6.45, 7) is 7.04. The first-order valence-corrected chi connectivity index (χ1v) is 8.81. The van der Waals surface area contributed by atoms with E-state index in [0.29, 0.717) is 16.7 Å². The predicted molar refractivity (Wildman–Crippen MR) is 89.0 cm³/mol. The number of thioether (sulfide) groups is 1. The minimum absolute atomic E-state index is 0.544. The highest BCUT2D eigenvalue weighted by atomic mass is 32.2. The average molecular weight is 335 g/mol. The summed E-state index contributed by atoms with van der Waals surface area (Å²) in [4.78, 5) is 11.2. The Hall–Kier alpha value is -1.74. The lowest BCUT2D eigenvalue weighted by molar-refractivity contribution is 0.564. The molecule has 0 saturated carbocycles. The number of nitrogens with zero attached hydrogens (tertiary/aromatic N) is 6. The van der Waals surface area contributed by atoms with Crippen molar-refractivity contribution in [2.75, 3.05) is 5.73 Å². The molecular weight excluding hydrogens is 318 g/mol. The van der Waals surface area contributed by atoms with Crippen molar-refractivity contribution in [1.82, 2.24) is 30.2 Å². The van der Waals surface area contributed by atoms with Gasteiger partial charge in [0.15, 0.2) is 11.0 Å². The third-order valence-corrected chi connectivity index (χ3v) is 5.35. The second-order valence-corrected chi connectivity index (χ2v) is 7.11. The smallest absolute Gasteiger partial charge is 0.191 e. The van der Waals surface area contributed by atoms with Crippen molar-refractivity contribution in [3.05, 3.63) is 16.3 Å². The van der Waals surface area contributed by atoms with Crippen molar-refractivity contribution < 1.29 is 0 Å². The number of hydrogen-bond acceptors (Lipinski definition) is 8. The number of fused-ring (bicyclic) bond motifs is 1. The van der Waals surface area contributed by atoms with Crippen LogP contribution in [-0.4, -0.2) is 30.2 Å². The van der Waals surface area contributed by atoms with Gasteiger partial charge < -0.3 is 5.73 Å². The highest BCUT2D eigenvalue weighted by molar-refractivity contribution is 7.98. The Morgan fingerprint density at radius 2 is 2.09 bits per heavy atom. The largest absolute Gasteiger partial charge is 0.383 e. The lowest BCUT2D eigenvalue weighted by atomic mass is 10.2. The van der Waals surface area contributed by atoms with Crippen LogP contribution >= 0.6 is 23.1 Å². The number of aromatic nitrogens is 6. The summed E-state index contributed by atoms with van der Waals surface area (Å²) in [6.07, 6.45) is 0.992. The van der Waals surface area contributed by atoms with E-state index in [1.807, 2.05) is 4.68 Å². The fourth-order valence-electron chi connectivity index (χ4n) is 2.17. The van der Waals surface area contributed by atoms with Gasteiger partial charge in [0, 0.05) is 11.4 Å². The Bertz CT molecular complexity index is 808. The van der Waals surface area contributed by atoms with Gasteiger partial charge in [-0.2, -0.15) is 0 Å². The maximum atomic E-state index is 6.09. The molecule has 3 aromatic rings. The Balaban J connectivity index is 1.84. The molecule has 0 amide bonds. The molecule has 0 bridgehead atoms. The zero-order valence-corrected chi connectivity index (χ0v) is 14.3. The predicted octanol–water partition coefficient (Wildman–Crippen LogP) is 2.58. The highest BCUT2D eigenvalue weighted by Crippen LogP contribution is 2.33. The van der Waals surface area contributed by atoms with E-state index in [9.17, 15) is 0 Å². The molecule has 3 rings (SSSR count). The number of anilines is 1. The van der Waals surface area contributed by atoms with Gasteiger partial charge in [-0.15, -0.1) is 16.4 Å². The standard InChI is InChI=1S/C13H17N7S2/c1-4-5-20-9(17-18-19-20)6-21-13-15-11(14)10-7(2)8(3)22-12(10)16-13/h4-6H2,1-3H3,(H2,14,15,16). The molecule has 2 N–H and O–H groups in total. The van der Waals surface area contributed by atoms with Gasteiger partial charge in [-0.3, -0.25) is 0 Å². The summed E-state index contributed by atoms with van der Waals surface area (Å²) in [5.41, 5.74) is 7.26. The number of hydrogen-bond donors (Lipinski definition) is 1. The summed E-state index contributed by atoms with van der Waals surface area (Å²) in [5.74, 6) is 2.00. The maximum Gasteiger partial charge on any atom is 0.191 e. The van der Waals surface area contributed by atoms with Gasteiger partial charge in [-0.1, -0.05) is 18.7 Å². The van der Waals surface area contributed by atoms with Crippen LogP contribution in [0, 0.1) is 13.8 Å². The average Bonchev–Trinajstić information content (AvgIpc) is 3.03. The van der Waals surface area contributed by atoms with Gasteiger partial charge in [0.25, 0.3) is 0 Å². The molecule has 0 aliphatic rings. The molecule has 0 fully saturated rings. The van der Waals surface area contributed by atoms with E-state index in [1.54, 1.807) is 11.3 Å². The molecule has 0 saturated heterocycles. The van der Waals surface area contributed by atoms with E-state index in [-0.39, 0.29) is 0 Å². The van der Waals surface area contributed by atoms with Crippen molar-refractivity contribution in [2.45, 2.75) is 44.6 Å². The minimum atomic E-state index is 0.544. The van der Waals surface area contributed by atoms with E-state index in [0.717, 1.165) is 29.0 Å². The van der Waals surface area contributed by atoms with Crippen molar-refractivity contribution in [2.24, 2.45) is 0 Å². The first-order valence-electron chi connectivity index (χ1n) is 7.01. The third-order valence-electron chi connectivity index (χ3n) is 3.41. The van der Waals surface area contributed by atoms with E-state index in [1.165, 1.54) is 22.2 Å². The van der Waals surface area contributed by atoms with Crippen LogP contribution in [0.15, 0.2) is 5.16 Å². The molecule has 0 aromatic carbocycles. The normalized spacial score (nSPS) is 11.4. The van der Waals surface area contributed by atoms with E-state index >= 15 is 0 Å². The first kappa shape index (κ1) is 15.2. The minimum Gasteiger partial charge on any atom is -0.383 e. The van der Waals surface area contributed by atoms with E-state index in [2.05, 4.69) is 46.3 Å². The number of tetrazole rings is 1. The first-order chi connectivity index (χ1) is 10.6. The number of nitrogen functional groups attached to an aromatic ring is 1. The van der Waals surface area contributed by atoms with Gasteiger partial charge in [0.2, 0.25) is 0 Å². The van der Waals surface area contributed by atoms with Crippen molar-refractivity contribution in [1.29, 1.82) is 0 Å². The number of nitrogens with two attached hydrogens (primary N) is 1. The molecule has 0 unspecified atom stereocenters. The quantitative estimate of drug-likeness (QED) is 0.565. The van der Waals surface area contributed by atoms with Crippen molar-refractivity contribution in [3.8, 4) is 0 Å². The van der Waals surface area contributed by atoms with Gasteiger partial charge in [-0.05, 0) is 36.3 Å². The van der Waals surface area contributed by atoms with Crippen LogP contribution in [0.4, 0.5) is 5.82 Å². The number of rotatable bonds is 5. The molecule has 3 aromatic heterocycles.